The molecule has 12 heteroatoms. The van der Waals surface area contributed by atoms with Gasteiger partial charge in [-0.05, 0) is 67.7 Å². The average Bonchev–Trinajstić information content (AvgIpc) is 3.44. The lowest BCUT2D eigenvalue weighted by molar-refractivity contribution is 0.102. The minimum Gasteiger partial charge on any atom is -0.487 e. The Labute approximate surface area is 255 Å². The summed E-state index contributed by atoms with van der Waals surface area (Å²) < 4.78 is 18.7. The van der Waals surface area contributed by atoms with Gasteiger partial charge in [0.05, 0.1) is 18.7 Å². The number of benzene rings is 2. The Hall–Kier alpha value is -4.49. The molecule has 2 aromatic heterocycles. The number of rotatable bonds is 11. The summed E-state index contributed by atoms with van der Waals surface area (Å²) >= 11 is 0. The Morgan fingerprint density at radius 1 is 1.02 bits per heavy atom. The number of aliphatic hydroxyl groups excluding tert-OH is 1. The molecule has 2 aromatic carbocycles. The summed E-state index contributed by atoms with van der Waals surface area (Å²) in [7, 11) is 3.16. The van der Waals surface area contributed by atoms with Gasteiger partial charge >= 0.3 is 6.03 Å². The quantitative estimate of drug-likeness (QED) is 0.219. The van der Waals surface area contributed by atoms with Gasteiger partial charge in [0.25, 0.3) is 5.91 Å². The lowest BCUT2D eigenvalue weighted by Gasteiger charge is -2.31. The largest absolute Gasteiger partial charge is 0.487 e. The number of carbonyl (C=O) groups is 2. The molecule has 0 aliphatic carbocycles. The van der Waals surface area contributed by atoms with Crippen LogP contribution in [0.3, 0.4) is 0 Å². The minimum atomic E-state index is -0.269. The number of aromatic nitrogens is 2. The lowest BCUT2D eigenvalue weighted by Crippen LogP contribution is -2.34. The highest BCUT2D eigenvalue weighted by atomic mass is 16.5. The van der Waals surface area contributed by atoms with Crippen LogP contribution in [0, 0.1) is 0 Å². The summed E-state index contributed by atoms with van der Waals surface area (Å²) in [6, 6.07) is 16.2. The van der Waals surface area contributed by atoms with Crippen molar-refractivity contribution in [3.8, 4) is 17.2 Å². The number of pyridine rings is 1. The third-order valence-corrected chi connectivity index (χ3v) is 7.58. The zero-order valence-corrected chi connectivity index (χ0v) is 24.9. The molecule has 0 unspecified atom stereocenters. The highest BCUT2D eigenvalue weighted by Crippen LogP contribution is 2.37. The van der Waals surface area contributed by atoms with Gasteiger partial charge in [-0.2, -0.15) is 0 Å². The van der Waals surface area contributed by atoms with Crippen molar-refractivity contribution in [1.82, 2.24) is 19.8 Å². The Kier molecular flexibility index (Phi) is 11.3. The molecule has 0 radical (unpaired) electrons. The second kappa shape index (κ2) is 15.3. The summed E-state index contributed by atoms with van der Waals surface area (Å²) in [6.07, 6.45) is 5.31. The molecule has 0 bridgehead atoms. The van der Waals surface area contributed by atoms with Crippen LogP contribution in [0.25, 0.3) is 10.9 Å². The summed E-state index contributed by atoms with van der Waals surface area (Å²) in [5, 5.41) is 15.4. The number of hydrogen-bond donors (Lipinski definition) is 3. The van der Waals surface area contributed by atoms with Gasteiger partial charge in [0.15, 0.2) is 11.5 Å². The normalized spacial score (nSPS) is 13.7. The number of anilines is 1. The first-order chi connectivity index (χ1) is 21.0. The molecule has 1 aliphatic heterocycles. The Morgan fingerprint density at radius 2 is 1.80 bits per heavy atom. The molecule has 0 saturated carbocycles. The molecule has 5 rings (SSSR count). The minimum absolute atomic E-state index is 0. The number of aliphatic hydroxyl groups is 1. The number of fused-ring (bicyclic) bond motifs is 1. The third-order valence-electron chi connectivity index (χ3n) is 7.58. The van der Waals surface area contributed by atoms with Gasteiger partial charge in [0, 0.05) is 56.2 Å². The molecule has 1 fully saturated rings. The Balaban J connectivity index is 0.00000442. The fraction of sp³-hybridized carbons (Fsp3) is 0.344. The van der Waals surface area contributed by atoms with Crippen molar-refractivity contribution in [2.24, 2.45) is 0 Å². The van der Waals surface area contributed by atoms with E-state index in [1.165, 1.54) is 10.1 Å². The van der Waals surface area contributed by atoms with Gasteiger partial charge in [-0.1, -0.05) is 12.1 Å². The fourth-order valence-electron chi connectivity index (χ4n) is 5.26. The summed E-state index contributed by atoms with van der Waals surface area (Å²) in [6.45, 7) is 3.51. The predicted molar refractivity (Wildman–Crippen MR) is 167 cm³/mol. The SMILES string of the molecule is CNC(=O)n1ccc2cc(Oc3ccnc(NC(=O)c4ccc(C5CCN(CCO)CC5)cc4)c3)c(OCCOC)cc21.O. The van der Waals surface area contributed by atoms with Crippen LogP contribution in [0.2, 0.25) is 0 Å². The third kappa shape index (κ3) is 7.71. The van der Waals surface area contributed by atoms with E-state index in [-0.39, 0.29) is 24.0 Å². The number of piperidine rings is 1. The highest BCUT2D eigenvalue weighted by Gasteiger charge is 2.21. The number of amides is 2. The smallest absolute Gasteiger partial charge is 0.325 e. The van der Waals surface area contributed by atoms with Crippen molar-refractivity contribution in [2.75, 3.05) is 58.9 Å². The maximum atomic E-state index is 13.0. The average molecular weight is 606 g/mol. The van der Waals surface area contributed by atoms with E-state index in [4.69, 9.17) is 19.3 Å². The zero-order chi connectivity index (χ0) is 30.2. The number of β-amino-alcohol motifs (C(OH)–C–C–N with tert-alkyl or cyclic N) is 1. The number of nitrogens with one attached hydrogen (secondary N) is 2. The van der Waals surface area contributed by atoms with E-state index in [1.807, 2.05) is 30.3 Å². The second-order valence-corrected chi connectivity index (χ2v) is 10.3. The molecule has 2 amide bonds. The number of ether oxygens (including phenoxy) is 3. The molecule has 44 heavy (non-hydrogen) atoms. The van der Waals surface area contributed by atoms with Crippen LogP contribution in [-0.2, 0) is 4.74 Å². The Bertz CT molecular complexity index is 1550. The first kappa shape index (κ1) is 32.4. The molecule has 1 saturated heterocycles. The van der Waals surface area contributed by atoms with Gasteiger partial charge in [0.1, 0.15) is 18.2 Å². The summed E-state index contributed by atoms with van der Waals surface area (Å²) in [4.78, 5) is 31.9. The molecule has 0 atom stereocenters. The van der Waals surface area contributed by atoms with Crippen molar-refractivity contribution in [1.29, 1.82) is 0 Å². The number of hydrogen-bond acceptors (Lipinski definition) is 8. The zero-order valence-electron chi connectivity index (χ0n) is 24.9. The van der Waals surface area contributed by atoms with E-state index in [2.05, 4.69) is 20.5 Å². The molecule has 5 N–H and O–H groups in total. The summed E-state index contributed by atoms with van der Waals surface area (Å²) in [5.41, 5.74) is 2.43. The summed E-state index contributed by atoms with van der Waals surface area (Å²) in [5.74, 6) is 1.86. The van der Waals surface area contributed by atoms with Gasteiger partial charge in [-0.25, -0.2) is 9.78 Å². The number of likely N-dealkylation sites (tertiary alicyclic amines) is 1. The van der Waals surface area contributed by atoms with E-state index in [9.17, 15) is 9.59 Å². The first-order valence-electron chi connectivity index (χ1n) is 14.4. The van der Waals surface area contributed by atoms with Crippen molar-refractivity contribution >= 4 is 28.7 Å². The molecular weight excluding hydrogens is 566 g/mol. The van der Waals surface area contributed by atoms with Crippen LogP contribution in [0.1, 0.15) is 34.7 Å². The first-order valence-corrected chi connectivity index (χ1v) is 14.4. The van der Waals surface area contributed by atoms with Crippen LogP contribution in [0.4, 0.5) is 10.6 Å². The second-order valence-electron chi connectivity index (χ2n) is 10.3. The van der Waals surface area contributed by atoms with E-state index in [0.717, 1.165) is 37.9 Å². The standard InChI is InChI=1S/C32H37N5O6.H2O/c1-33-32(40)37-14-10-25-19-29(28(21-27(25)37)42-18-17-41-2)43-26-7-11-34-30(20-26)35-31(39)24-5-3-22(4-6-24)23-8-12-36(13-9-23)15-16-38;/h3-7,10-11,14,19-21,23,38H,8-9,12-13,15-18H2,1-2H3,(H,33,40)(H,34,35,39);1H2. The number of methoxy groups -OCH3 is 1. The fourth-order valence-corrected chi connectivity index (χ4v) is 5.26. The van der Waals surface area contributed by atoms with Crippen LogP contribution in [-0.4, -0.2) is 90.6 Å². The molecule has 3 heterocycles. The maximum absolute atomic E-state index is 13.0. The van der Waals surface area contributed by atoms with Gasteiger partial charge in [-0.3, -0.25) is 9.36 Å². The molecular formula is C32H39N5O7. The molecule has 4 aromatic rings. The van der Waals surface area contributed by atoms with Crippen LogP contribution in [0.15, 0.2) is 67.0 Å². The van der Waals surface area contributed by atoms with Crippen molar-refractivity contribution in [3.63, 3.8) is 0 Å². The van der Waals surface area contributed by atoms with Gasteiger partial charge in [-0.15, -0.1) is 0 Å². The van der Waals surface area contributed by atoms with E-state index in [1.54, 1.807) is 50.8 Å². The van der Waals surface area contributed by atoms with Crippen LogP contribution < -0.4 is 20.1 Å². The molecule has 1 aliphatic rings. The van der Waals surface area contributed by atoms with Crippen molar-refractivity contribution < 1.29 is 34.4 Å². The van der Waals surface area contributed by atoms with Crippen LogP contribution >= 0.6 is 0 Å². The van der Waals surface area contributed by atoms with Gasteiger partial charge in [0.2, 0.25) is 0 Å². The van der Waals surface area contributed by atoms with Crippen LogP contribution in [0.5, 0.6) is 17.2 Å². The lowest BCUT2D eigenvalue weighted by atomic mass is 9.89. The van der Waals surface area contributed by atoms with E-state index < -0.39 is 0 Å². The Morgan fingerprint density at radius 3 is 2.50 bits per heavy atom. The van der Waals surface area contributed by atoms with E-state index >= 15 is 0 Å². The van der Waals surface area contributed by atoms with Crippen molar-refractivity contribution in [3.05, 3.63) is 78.1 Å². The number of nitrogens with zero attached hydrogens (tertiary/aromatic N) is 3. The van der Waals surface area contributed by atoms with E-state index in [0.29, 0.717) is 53.3 Å². The van der Waals surface area contributed by atoms with Gasteiger partial charge < -0.3 is 40.3 Å². The monoisotopic (exact) mass is 605 g/mol. The molecule has 12 nitrogen and oxygen atoms in total. The highest BCUT2D eigenvalue weighted by molar-refractivity contribution is 6.03. The topological polar surface area (TPSA) is 159 Å². The maximum Gasteiger partial charge on any atom is 0.325 e. The predicted octanol–water partition coefficient (Wildman–Crippen LogP) is 3.64. The molecule has 234 valence electrons. The molecule has 0 spiro atoms. The van der Waals surface area contributed by atoms with Crippen molar-refractivity contribution in [2.45, 2.75) is 18.8 Å². The number of carbonyl (C=O) groups excluding carboxylic acids is 2.